The number of rotatable bonds is 3. The van der Waals surface area contributed by atoms with E-state index in [0.717, 1.165) is 5.69 Å². The lowest BCUT2D eigenvalue weighted by Gasteiger charge is -1.96. The summed E-state index contributed by atoms with van der Waals surface area (Å²) in [6, 6.07) is 13.4. The van der Waals surface area contributed by atoms with Gasteiger partial charge in [0.25, 0.3) is 5.69 Å². The summed E-state index contributed by atoms with van der Waals surface area (Å²) in [7, 11) is 0. The Morgan fingerprint density at radius 2 is 1.89 bits per heavy atom. The average molecular weight is 241 g/mol. The second kappa shape index (κ2) is 5.09. The fourth-order valence-corrected chi connectivity index (χ4v) is 1.43. The molecular weight excluding hydrogens is 230 g/mol. The minimum atomic E-state index is -0.430. The van der Waals surface area contributed by atoms with Gasteiger partial charge >= 0.3 is 0 Å². The first-order chi connectivity index (χ1) is 8.65. The quantitative estimate of drug-likeness (QED) is 0.388. The Morgan fingerprint density at radius 1 is 1.17 bits per heavy atom. The largest absolute Gasteiger partial charge is 0.399 e. The first-order valence-electron chi connectivity index (χ1n) is 5.29. The van der Waals surface area contributed by atoms with Crippen molar-refractivity contribution < 1.29 is 4.92 Å². The highest BCUT2D eigenvalue weighted by atomic mass is 16.6. The predicted octanol–water partition coefficient (Wildman–Crippen LogP) is 2.93. The molecule has 18 heavy (non-hydrogen) atoms. The molecule has 0 aliphatic heterocycles. The molecular formula is C13H11N3O2. The molecule has 0 aliphatic rings. The molecule has 5 heteroatoms. The molecule has 0 heterocycles. The van der Waals surface area contributed by atoms with E-state index in [1.807, 2.05) is 0 Å². The summed E-state index contributed by atoms with van der Waals surface area (Å²) >= 11 is 0. The van der Waals surface area contributed by atoms with Gasteiger partial charge in [0.15, 0.2) is 0 Å². The maximum Gasteiger partial charge on any atom is 0.270 e. The molecule has 0 saturated heterocycles. The Kier molecular flexibility index (Phi) is 3.33. The summed E-state index contributed by atoms with van der Waals surface area (Å²) in [5.74, 6) is 0. The third-order valence-corrected chi connectivity index (χ3v) is 2.34. The van der Waals surface area contributed by atoms with E-state index in [9.17, 15) is 10.1 Å². The number of nitrogens with two attached hydrogens (primary N) is 1. The molecule has 0 unspecified atom stereocenters. The van der Waals surface area contributed by atoms with Crippen LogP contribution in [0.4, 0.5) is 17.1 Å². The minimum absolute atomic E-state index is 0.0521. The average Bonchev–Trinajstić information content (AvgIpc) is 2.38. The van der Waals surface area contributed by atoms with E-state index in [4.69, 9.17) is 5.73 Å². The highest BCUT2D eigenvalue weighted by molar-refractivity contribution is 5.82. The number of nitro benzene ring substituents is 1. The summed E-state index contributed by atoms with van der Waals surface area (Å²) in [5, 5.41) is 10.6. The number of non-ortho nitro benzene ring substituents is 1. The van der Waals surface area contributed by atoms with Gasteiger partial charge < -0.3 is 5.73 Å². The van der Waals surface area contributed by atoms with Gasteiger partial charge in [0.1, 0.15) is 0 Å². The first-order valence-corrected chi connectivity index (χ1v) is 5.29. The van der Waals surface area contributed by atoms with Crippen LogP contribution in [0.2, 0.25) is 0 Å². The Morgan fingerprint density at radius 3 is 2.56 bits per heavy atom. The van der Waals surface area contributed by atoms with Crippen molar-refractivity contribution >= 4 is 23.3 Å². The smallest absolute Gasteiger partial charge is 0.270 e. The minimum Gasteiger partial charge on any atom is -0.399 e. The van der Waals surface area contributed by atoms with Crippen molar-refractivity contribution in [3.8, 4) is 0 Å². The maximum atomic E-state index is 10.6. The predicted molar refractivity (Wildman–Crippen MR) is 71.2 cm³/mol. The van der Waals surface area contributed by atoms with Crippen molar-refractivity contribution in [1.29, 1.82) is 0 Å². The lowest BCUT2D eigenvalue weighted by atomic mass is 10.2. The number of aliphatic imine (C=N–C) groups is 1. The van der Waals surface area contributed by atoms with Crippen LogP contribution < -0.4 is 5.73 Å². The second-order valence-electron chi connectivity index (χ2n) is 3.70. The molecule has 0 aliphatic carbocycles. The molecule has 2 aromatic rings. The fourth-order valence-electron chi connectivity index (χ4n) is 1.43. The van der Waals surface area contributed by atoms with Gasteiger partial charge in [-0.2, -0.15) is 0 Å². The van der Waals surface area contributed by atoms with Crippen LogP contribution in [0.25, 0.3) is 0 Å². The number of benzene rings is 2. The number of anilines is 1. The monoisotopic (exact) mass is 241 g/mol. The summed E-state index contributed by atoms with van der Waals surface area (Å²) in [4.78, 5) is 14.4. The number of hydrogen-bond acceptors (Lipinski definition) is 4. The van der Waals surface area contributed by atoms with Crippen LogP contribution in [-0.2, 0) is 0 Å². The second-order valence-corrected chi connectivity index (χ2v) is 3.70. The first kappa shape index (κ1) is 11.8. The summed E-state index contributed by atoms with van der Waals surface area (Å²) in [6.45, 7) is 0. The van der Waals surface area contributed by atoms with E-state index < -0.39 is 4.92 Å². The van der Waals surface area contributed by atoms with Crippen molar-refractivity contribution in [2.45, 2.75) is 0 Å². The SMILES string of the molecule is Nc1ccc(/N=C\c2cccc([N+](=O)[O-])c2)cc1. The number of nitrogens with zero attached hydrogens (tertiary/aromatic N) is 2. The maximum absolute atomic E-state index is 10.6. The number of nitro groups is 1. The molecule has 2 rings (SSSR count). The molecule has 0 radical (unpaired) electrons. The summed E-state index contributed by atoms with van der Waals surface area (Å²) < 4.78 is 0. The van der Waals surface area contributed by atoms with E-state index >= 15 is 0 Å². The van der Waals surface area contributed by atoms with Crippen molar-refractivity contribution in [3.05, 3.63) is 64.2 Å². The Hall–Kier alpha value is -2.69. The highest BCUT2D eigenvalue weighted by Crippen LogP contribution is 2.15. The summed E-state index contributed by atoms with van der Waals surface area (Å²) in [6.07, 6.45) is 1.58. The summed E-state index contributed by atoms with van der Waals surface area (Å²) in [5.41, 5.74) is 7.71. The molecule has 90 valence electrons. The Bertz CT molecular complexity index is 591. The highest BCUT2D eigenvalue weighted by Gasteiger charge is 2.03. The Balaban J connectivity index is 2.20. The zero-order chi connectivity index (χ0) is 13.0. The topological polar surface area (TPSA) is 81.5 Å². The molecule has 0 aromatic heterocycles. The van der Waals surface area contributed by atoms with Crippen LogP contribution in [0.1, 0.15) is 5.56 Å². The van der Waals surface area contributed by atoms with Crippen LogP contribution >= 0.6 is 0 Å². The van der Waals surface area contributed by atoms with E-state index in [-0.39, 0.29) is 5.69 Å². The molecule has 5 nitrogen and oxygen atoms in total. The van der Waals surface area contributed by atoms with Crippen molar-refractivity contribution in [3.63, 3.8) is 0 Å². The van der Waals surface area contributed by atoms with Crippen LogP contribution in [0.3, 0.4) is 0 Å². The molecule has 0 saturated carbocycles. The van der Waals surface area contributed by atoms with Gasteiger partial charge in [0.2, 0.25) is 0 Å². The van der Waals surface area contributed by atoms with Gasteiger partial charge in [0, 0.05) is 24.0 Å². The van der Waals surface area contributed by atoms with Gasteiger partial charge in [-0.25, -0.2) is 0 Å². The zero-order valence-electron chi connectivity index (χ0n) is 9.48. The van der Waals surface area contributed by atoms with Crippen LogP contribution in [0, 0.1) is 10.1 Å². The number of hydrogen-bond donors (Lipinski definition) is 1. The van der Waals surface area contributed by atoms with Crippen molar-refractivity contribution in [1.82, 2.24) is 0 Å². The Labute approximate surface area is 104 Å². The van der Waals surface area contributed by atoms with Crippen LogP contribution in [-0.4, -0.2) is 11.1 Å². The van der Waals surface area contributed by atoms with E-state index in [1.165, 1.54) is 12.1 Å². The normalized spacial score (nSPS) is 10.7. The van der Waals surface area contributed by atoms with Gasteiger partial charge in [-0.15, -0.1) is 0 Å². The van der Waals surface area contributed by atoms with Gasteiger partial charge in [-0.05, 0) is 29.8 Å². The molecule has 0 bridgehead atoms. The lowest BCUT2D eigenvalue weighted by Crippen LogP contribution is -1.89. The molecule has 2 aromatic carbocycles. The van der Waals surface area contributed by atoms with Gasteiger partial charge in [0.05, 0.1) is 10.6 Å². The van der Waals surface area contributed by atoms with Gasteiger partial charge in [-0.3, -0.25) is 15.1 Å². The van der Waals surface area contributed by atoms with E-state index in [0.29, 0.717) is 11.3 Å². The van der Waals surface area contributed by atoms with Crippen molar-refractivity contribution in [2.24, 2.45) is 4.99 Å². The molecule has 2 N–H and O–H groups in total. The van der Waals surface area contributed by atoms with Gasteiger partial charge in [-0.1, -0.05) is 12.1 Å². The standard InChI is InChI=1S/C13H11N3O2/c14-11-4-6-12(7-5-11)15-9-10-2-1-3-13(8-10)16(17)18/h1-9H,14H2/b15-9-. The van der Waals surface area contributed by atoms with E-state index in [1.54, 1.807) is 42.6 Å². The number of nitrogen functional groups attached to an aromatic ring is 1. The van der Waals surface area contributed by atoms with Crippen LogP contribution in [0.15, 0.2) is 53.5 Å². The molecule has 0 atom stereocenters. The van der Waals surface area contributed by atoms with Crippen molar-refractivity contribution in [2.75, 3.05) is 5.73 Å². The third-order valence-electron chi connectivity index (χ3n) is 2.34. The fraction of sp³-hybridized carbons (Fsp3) is 0. The molecule has 0 amide bonds. The van der Waals surface area contributed by atoms with E-state index in [2.05, 4.69) is 4.99 Å². The zero-order valence-corrected chi connectivity index (χ0v) is 9.48. The molecule has 0 fully saturated rings. The molecule has 0 spiro atoms. The lowest BCUT2D eigenvalue weighted by molar-refractivity contribution is -0.384. The third kappa shape index (κ3) is 2.91. The van der Waals surface area contributed by atoms with Crippen LogP contribution in [0.5, 0.6) is 0 Å².